The Morgan fingerprint density at radius 3 is 2.42 bits per heavy atom. The predicted molar refractivity (Wildman–Crippen MR) is 80.3 cm³/mol. The maximum absolute atomic E-state index is 11.8. The first-order valence-corrected chi connectivity index (χ1v) is 7.62. The normalized spacial score (nSPS) is 13.0. The molecule has 1 unspecified atom stereocenters. The molecule has 0 spiro atoms. The van der Waals surface area contributed by atoms with Crippen LogP contribution in [-0.4, -0.2) is 49.7 Å². The van der Waals surface area contributed by atoms with Gasteiger partial charge in [0.15, 0.2) is 0 Å². The monoisotopic (exact) mass is 272 g/mol. The molecule has 0 aromatic rings. The highest BCUT2D eigenvalue weighted by Gasteiger charge is 2.20. The van der Waals surface area contributed by atoms with E-state index in [0.29, 0.717) is 12.6 Å². The molecule has 0 amide bonds. The van der Waals surface area contributed by atoms with Gasteiger partial charge in [-0.3, -0.25) is 4.79 Å². The number of esters is 1. The molecule has 114 valence electrons. The molecule has 0 saturated heterocycles. The smallest absolute Gasteiger partial charge is 0.323 e. The van der Waals surface area contributed by atoms with Gasteiger partial charge in [0.25, 0.3) is 0 Å². The molecule has 1 N–H and O–H groups in total. The third-order valence-corrected chi connectivity index (χ3v) is 3.05. The summed E-state index contributed by atoms with van der Waals surface area (Å²) in [6, 6.07) is 0.105. The molecular formula is C15H32N2O2. The molecule has 0 aromatic carbocycles. The number of hydrogen-bond donors (Lipinski definition) is 1. The van der Waals surface area contributed by atoms with Crippen LogP contribution >= 0.6 is 0 Å². The molecule has 19 heavy (non-hydrogen) atoms. The zero-order chi connectivity index (χ0) is 14.7. The number of nitrogens with zero attached hydrogens (tertiary/aromatic N) is 1. The molecule has 0 aliphatic heterocycles. The first kappa shape index (κ1) is 18.4. The third-order valence-electron chi connectivity index (χ3n) is 3.05. The van der Waals surface area contributed by atoms with Crippen LogP contribution in [0.2, 0.25) is 0 Å². The quantitative estimate of drug-likeness (QED) is 0.463. The van der Waals surface area contributed by atoms with Crippen LogP contribution in [0.25, 0.3) is 0 Å². The average molecular weight is 272 g/mol. The molecule has 0 aliphatic carbocycles. The Morgan fingerprint density at radius 2 is 1.89 bits per heavy atom. The molecule has 4 nitrogen and oxygen atoms in total. The zero-order valence-electron chi connectivity index (χ0n) is 13.4. The minimum absolute atomic E-state index is 0.127. The van der Waals surface area contributed by atoms with Crippen LogP contribution in [0.1, 0.15) is 53.4 Å². The summed E-state index contributed by atoms with van der Waals surface area (Å²) < 4.78 is 5.12. The van der Waals surface area contributed by atoms with Crippen LogP contribution in [-0.2, 0) is 9.53 Å². The summed E-state index contributed by atoms with van der Waals surface area (Å²) >= 11 is 0. The van der Waals surface area contributed by atoms with Crippen molar-refractivity contribution in [3.05, 3.63) is 0 Å². The number of carbonyl (C=O) groups excluding carboxylic acids is 1. The first-order valence-electron chi connectivity index (χ1n) is 7.62. The number of rotatable bonds is 11. The van der Waals surface area contributed by atoms with E-state index in [1.807, 2.05) is 6.92 Å². The van der Waals surface area contributed by atoms with Gasteiger partial charge in [0.2, 0.25) is 0 Å². The highest BCUT2D eigenvalue weighted by Crippen LogP contribution is 2.02. The highest BCUT2D eigenvalue weighted by molar-refractivity contribution is 5.75. The van der Waals surface area contributed by atoms with E-state index in [2.05, 4.69) is 38.0 Å². The van der Waals surface area contributed by atoms with E-state index in [0.717, 1.165) is 19.5 Å². The van der Waals surface area contributed by atoms with E-state index in [-0.39, 0.29) is 12.0 Å². The average Bonchev–Trinajstić information content (AvgIpc) is 2.34. The lowest BCUT2D eigenvalue weighted by Crippen LogP contribution is -2.43. The summed E-state index contributed by atoms with van der Waals surface area (Å²) in [5.41, 5.74) is 0. The summed E-state index contributed by atoms with van der Waals surface area (Å²) in [4.78, 5) is 14.1. The molecule has 0 aliphatic rings. The van der Waals surface area contributed by atoms with E-state index in [1.165, 1.54) is 19.3 Å². The summed E-state index contributed by atoms with van der Waals surface area (Å²) in [5.74, 6) is -0.127. The SMILES string of the molecule is CCCCCN(C)CCC(NC(C)C)C(=O)OCC. The van der Waals surface area contributed by atoms with Gasteiger partial charge in [-0.1, -0.05) is 33.6 Å². The second-order valence-corrected chi connectivity index (χ2v) is 5.43. The van der Waals surface area contributed by atoms with Gasteiger partial charge in [0, 0.05) is 6.04 Å². The first-order chi connectivity index (χ1) is 9.01. The minimum atomic E-state index is -0.187. The van der Waals surface area contributed by atoms with Gasteiger partial charge >= 0.3 is 5.97 Å². The number of ether oxygens (including phenoxy) is 1. The van der Waals surface area contributed by atoms with Crippen molar-refractivity contribution in [1.82, 2.24) is 10.2 Å². The fraction of sp³-hybridized carbons (Fsp3) is 0.933. The van der Waals surface area contributed by atoms with Crippen molar-refractivity contribution in [1.29, 1.82) is 0 Å². The van der Waals surface area contributed by atoms with Gasteiger partial charge in [-0.15, -0.1) is 0 Å². The van der Waals surface area contributed by atoms with Crippen molar-refractivity contribution in [2.45, 2.75) is 65.5 Å². The van der Waals surface area contributed by atoms with Crippen LogP contribution in [0.4, 0.5) is 0 Å². The second-order valence-electron chi connectivity index (χ2n) is 5.43. The third kappa shape index (κ3) is 9.91. The molecule has 0 radical (unpaired) electrons. The molecule has 0 heterocycles. The van der Waals surface area contributed by atoms with Crippen molar-refractivity contribution in [3.63, 3.8) is 0 Å². The fourth-order valence-corrected chi connectivity index (χ4v) is 2.01. The topological polar surface area (TPSA) is 41.6 Å². The Hall–Kier alpha value is -0.610. The molecular weight excluding hydrogens is 240 g/mol. The van der Waals surface area contributed by atoms with Gasteiger partial charge in [-0.2, -0.15) is 0 Å². The number of unbranched alkanes of at least 4 members (excludes halogenated alkanes) is 2. The lowest BCUT2D eigenvalue weighted by molar-refractivity contribution is -0.146. The molecule has 0 saturated carbocycles. The van der Waals surface area contributed by atoms with Crippen molar-refractivity contribution in [2.75, 3.05) is 26.7 Å². The minimum Gasteiger partial charge on any atom is -0.465 e. The van der Waals surface area contributed by atoms with Crippen LogP contribution in [0, 0.1) is 0 Å². The Balaban J connectivity index is 4.06. The van der Waals surface area contributed by atoms with Crippen molar-refractivity contribution < 1.29 is 9.53 Å². The maximum Gasteiger partial charge on any atom is 0.323 e. The Bertz CT molecular complexity index is 232. The largest absolute Gasteiger partial charge is 0.465 e. The maximum atomic E-state index is 11.8. The molecule has 0 bridgehead atoms. The van der Waals surface area contributed by atoms with E-state index in [9.17, 15) is 4.79 Å². The van der Waals surface area contributed by atoms with Gasteiger partial charge in [-0.25, -0.2) is 0 Å². The number of nitrogens with one attached hydrogen (secondary N) is 1. The van der Waals surface area contributed by atoms with E-state index in [4.69, 9.17) is 4.74 Å². The van der Waals surface area contributed by atoms with Crippen LogP contribution < -0.4 is 5.32 Å². The lowest BCUT2D eigenvalue weighted by atomic mass is 10.1. The van der Waals surface area contributed by atoms with Crippen molar-refractivity contribution in [2.24, 2.45) is 0 Å². The van der Waals surface area contributed by atoms with E-state index < -0.39 is 0 Å². The van der Waals surface area contributed by atoms with Gasteiger partial charge in [0.05, 0.1) is 6.61 Å². The summed E-state index contributed by atoms with van der Waals surface area (Å²) in [6.45, 7) is 10.6. The number of hydrogen-bond acceptors (Lipinski definition) is 4. The zero-order valence-corrected chi connectivity index (χ0v) is 13.4. The Morgan fingerprint density at radius 1 is 1.21 bits per heavy atom. The molecule has 0 aromatic heterocycles. The van der Waals surface area contributed by atoms with Gasteiger partial charge in [0.1, 0.15) is 6.04 Å². The second kappa shape index (κ2) is 11.2. The standard InChI is InChI=1S/C15H32N2O2/c1-6-8-9-11-17(5)12-10-14(16-13(3)4)15(18)19-7-2/h13-14,16H,6-12H2,1-5H3. The van der Waals surface area contributed by atoms with E-state index in [1.54, 1.807) is 0 Å². The molecule has 1 atom stereocenters. The van der Waals surface area contributed by atoms with Crippen LogP contribution in [0.5, 0.6) is 0 Å². The summed E-state index contributed by atoms with van der Waals surface area (Å²) in [5, 5.41) is 3.29. The lowest BCUT2D eigenvalue weighted by Gasteiger charge is -2.23. The molecule has 0 fully saturated rings. The highest BCUT2D eigenvalue weighted by atomic mass is 16.5. The Labute approximate surface area is 118 Å². The Kier molecular flexibility index (Phi) is 10.9. The molecule has 0 rings (SSSR count). The fourth-order valence-electron chi connectivity index (χ4n) is 2.01. The van der Waals surface area contributed by atoms with Gasteiger partial charge in [-0.05, 0) is 39.9 Å². The van der Waals surface area contributed by atoms with Crippen molar-refractivity contribution >= 4 is 5.97 Å². The summed E-state index contributed by atoms with van der Waals surface area (Å²) in [7, 11) is 2.12. The van der Waals surface area contributed by atoms with Crippen LogP contribution in [0.3, 0.4) is 0 Å². The van der Waals surface area contributed by atoms with E-state index >= 15 is 0 Å². The van der Waals surface area contributed by atoms with Gasteiger partial charge < -0.3 is 15.0 Å². The number of carbonyl (C=O) groups is 1. The van der Waals surface area contributed by atoms with Crippen LogP contribution in [0.15, 0.2) is 0 Å². The predicted octanol–water partition coefficient (Wildman–Crippen LogP) is 2.43. The van der Waals surface area contributed by atoms with Crippen molar-refractivity contribution in [3.8, 4) is 0 Å². The summed E-state index contributed by atoms with van der Waals surface area (Å²) in [6.07, 6.45) is 4.55. The molecule has 4 heteroatoms.